The molecule has 8 nitrogen and oxygen atoms in total. The molecule has 45 heavy (non-hydrogen) atoms. The third-order valence-electron chi connectivity index (χ3n) is 7.86. The van der Waals surface area contributed by atoms with E-state index >= 15 is 0 Å². The zero-order valence-electron chi connectivity index (χ0n) is 26.0. The second-order valence-corrected chi connectivity index (χ2v) is 11.5. The Bertz CT molecular complexity index is 1680. The third kappa shape index (κ3) is 8.77. The number of halogens is 1. The molecule has 1 aliphatic heterocycles. The summed E-state index contributed by atoms with van der Waals surface area (Å²) in [4.78, 5) is 31.8. The van der Waals surface area contributed by atoms with E-state index in [4.69, 9.17) is 26.3 Å². The number of benzene rings is 3. The molecule has 1 aliphatic rings. The number of aromatic nitrogens is 1. The van der Waals surface area contributed by atoms with E-state index in [0.29, 0.717) is 34.5 Å². The lowest BCUT2D eigenvalue weighted by Gasteiger charge is -2.28. The average molecular weight is 625 g/mol. The van der Waals surface area contributed by atoms with Crippen molar-refractivity contribution in [1.82, 2.24) is 14.8 Å². The second-order valence-electron chi connectivity index (χ2n) is 11.0. The number of pyridine rings is 1. The summed E-state index contributed by atoms with van der Waals surface area (Å²) < 4.78 is 11.9. The van der Waals surface area contributed by atoms with Gasteiger partial charge in [-0.25, -0.2) is 0 Å². The molecule has 3 aromatic carbocycles. The first-order chi connectivity index (χ1) is 21.7. The summed E-state index contributed by atoms with van der Waals surface area (Å²) in [5.41, 5.74) is 6.95. The van der Waals surface area contributed by atoms with Gasteiger partial charge in [0.15, 0.2) is 6.29 Å². The predicted molar refractivity (Wildman–Crippen MR) is 176 cm³/mol. The van der Waals surface area contributed by atoms with Crippen molar-refractivity contribution in [1.29, 1.82) is 5.26 Å². The van der Waals surface area contributed by atoms with Crippen LogP contribution in [0.3, 0.4) is 0 Å². The Morgan fingerprint density at radius 1 is 0.822 bits per heavy atom. The van der Waals surface area contributed by atoms with Crippen molar-refractivity contribution >= 4 is 24.2 Å². The second kappa shape index (κ2) is 16.0. The van der Waals surface area contributed by atoms with Gasteiger partial charge in [-0.3, -0.25) is 14.6 Å². The Hall–Kier alpha value is -4.55. The molecule has 0 radical (unpaired) electrons. The van der Waals surface area contributed by atoms with Crippen LogP contribution >= 0.6 is 11.6 Å². The Kier molecular flexibility index (Phi) is 11.8. The fourth-order valence-electron chi connectivity index (χ4n) is 4.93. The minimum Gasteiger partial charge on any atom is -0.488 e. The summed E-state index contributed by atoms with van der Waals surface area (Å²) in [7, 11) is 4.35. The number of nitrogens with zero attached hydrogens (tertiary/aromatic N) is 4. The van der Waals surface area contributed by atoms with Crippen LogP contribution in [0.25, 0.3) is 11.1 Å². The number of ether oxygens (including phenoxy) is 2. The molecule has 0 bridgehead atoms. The van der Waals surface area contributed by atoms with Gasteiger partial charge in [-0.2, -0.15) is 5.26 Å². The highest BCUT2D eigenvalue weighted by atomic mass is 35.5. The standard InChI is InChI=1S/C30H23ClN2O4.C6H14N2/c1-19-23(15-34)5-3-7-26(19)27-8-4-6-24(20(27)2)18-37-30-11-29(25(16-35)10-28(30)31)36-17-22-9-21(12-32)13-33-14-22;1-7-3-5-8(2)6-4-7/h3-11,13-16H,17-18H2,1-2H3;3-6H2,1-2H3. The summed E-state index contributed by atoms with van der Waals surface area (Å²) in [6, 6.07) is 18.4. The van der Waals surface area contributed by atoms with Crippen molar-refractivity contribution in [3.05, 3.63) is 111 Å². The van der Waals surface area contributed by atoms with Crippen LogP contribution in [0.2, 0.25) is 5.02 Å². The molecule has 4 aromatic rings. The van der Waals surface area contributed by atoms with Crippen LogP contribution in [0.1, 0.15) is 48.5 Å². The number of hydrogen-bond acceptors (Lipinski definition) is 8. The minimum absolute atomic E-state index is 0.116. The van der Waals surface area contributed by atoms with Gasteiger partial charge in [0.1, 0.15) is 37.1 Å². The van der Waals surface area contributed by atoms with E-state index in [1.165, 1.54) is 38.4 Å². The van der Waals surface area contributed by atoms with Crippen LogP contribution in [0.4, 0.5) is 0 Å². The molecular formula is C36H37ClN4O4. The van der Waals surface area contributed by atoms with Crippen molar-refractivity contribution in [3.63, 3.8) is 0 Å². The van der Waals surface area contributed by atoms with Crippen LogP contribution in [-0.4, -0.2) is 67.6 Å². The van der Waals surface area contributed by atoms with Crippen molar-refractivity contribution in [3.8, 4) is 28.7 Å². The molecule has 0 saturated carbocycles. The first-order valence-corrected chi connectivity index (χ1v) is 15.0. The van der Waals surface area contributed by atoms with E-state index in [1.54, 1.807) is 24.4 Å². The Balaban J connectivity index is 0.000000501. The minimum atomic E-state index is 0.116. The monoisotopic (exact) mass is 624 g/mol. The molecule has 1 aromatic heterocycles. The fraction of sp³-hybridized carbons (Fsp3) is 0.278. The molecule has 0 atom stereocenters. The van der Waals surface area contributed by atoms with Gasteiger partial charge in [-0.05, 0) is 67.9 Å². The Morgan fingerprint density at radius 3 is 2.09 bits per heavy atom. The summed E-state index contributed by atoms with van der Waals surface area (Å²) >= 11 is 6.41. The zero-order valence-corrected chi connectivity index (χ0v) is 26.8. The molecule has 1 saturated heterocycles. The van der Waals surface area contributed by atoms with Gasteiger partial charge in [0.25, 0.3) is 0 Å². The molecule has 232 valence electrons. The number of likely N-dealkylation sites (N-methyl/N-ethyl adjacent to an activating group) is 2. The molecule has 0 unspecified atom stereocenters. The third-order valence-corrected chi connectivity index (χ3v) is 8.15. The van der Waals surface area contributed by atoms with Crippen molar-refractivity contribution < 1.29 is 19.1 Å². The number of rotatable bonds is 9. The van der Waals surface area contributed by atoms with Crippen LogP contribution < -0.4 is 9.47 Å². The van der Waals surface area contributed by atoms with Gasteiger partial charge in [0, 0.05) is 55.8 Å². The molecule has 2 heterocycles. The van der Waals surface area contributed by atoms with Crippen LogP contribution in [0, 0.1) is 25.2 Å². The Morgan fingerprint density at radius 2 is 1.44 bits per heavy atom. The van der Waals surface area contributed by atoms with E-state index in [2.05, 4.69) is 28.9 Å². The topological polar surface area (TPSA) is 95.8 Å². The van der Waals surface area contributed by atoms with Gasteiger partial charge in [0.05, 0.1) is 16.1 Å². The van der Waals surface area contributed by atoms with E-state index in [9.17, 15) is 9.59 Å². The smallest absolute Gasteiger partial charge is 0.153 e. The maximum atomic E-state index is 11.6. The lowest BCUT2D eigenvalue weighted by atomic mass is 9.92. The van der Waals surface area contributed by atoms with Crippen molar-refractivity contribution in [2.75, 3.05) is 40.3 Å². The quantitative estimate of drug-likeness (QED) is 0.194. The zero-order chi connectivity index (χ0) is 32.3. The molecule has 0 spiro atoms. The molecule has 0 amide bonds. The van der Waals surface area contributed by atoms with Gasteiger partial charge in [-0.15, -0.1) is 0 Å². The maximum absolute atomic E-state index is 11.6. The summed E-state index contributed by atoms with van der Waals surface area (Å²) in [6.45, 7) is 9.23. The van der Waals surface area contributed by atoms with E-state index in [-0.39, 0.29) is 23.8 Å². The highest BCUT2D eigenvalue weighted by Gasteiger charge is 2.15. The number of carbonyl (C=O) groups is 2. The number of nitriles is 1. The summed E-state index contributed by atoms with van der Waals surface area (Å²) in [6.07, 6.45) is 4.59. The lowest BCUT2D eigenvalue weighted by molar-refractivity contribution is 0.111. The van der Waals surface area contributed by atoms with E-state index < -0.39 is 0 Å². The molecule has 0 N–H and O–H groups in total. The van der Waals surface area contributed by atoms with E-state index in [1.807, 2.05) is 50.2 Å². The molecule has 5 rings (SSSR count). The molecule has 0 aliphatic carbocycles. The maximum Gasteiger partial charge on any atom is 0.153 e. The first kappa shape index (κ1) is 33.3. The number of carbonyl (C=O) groups excluding carboxylic acids is 2. The normalized spacial score (nSPS) is 13.2. The average Bonchev–Trinajstić information content (AvgIpc) is 3.06. The van der Waals surface area contributed by atoms with Crippen molar-refractivity contribution in [2.45, 2.75) is 27.1 Å². The predicted octanol–water partition coefficient (Wildman–Crippen LogP) is 6.54. The Labute approximate surface area is 269 Å². The van der Waals surface area contributed by atoms with Gasteiger partial charge < -0.3 is 19.3 Å². The number of aldehydes is 2. The SMILES string of the molecule is CN1CCN(C)CC1.Cc1c(C=O)cccc1-c1cccc(COc2cc(OCc3cncc(C#N)c3)c(C=O)cc2Cl)c1C. The number of piperazine rings is 1. The largest absolute Gasteiger partial charge is 0.488 e. The molecule has 1 fully saturated rings. The van der Waals surface area contributed by atoms with Crippen LogP contribution in [0.5, 0.6) is 11.5 Å². The summed E-state index contributed by atoms with van der Waals surface area (Å²) in [5.74, 6) is 0.679. The van der Waals surface area contributed by atoms with Crippen LogP contribution in [-0.2, 0) is 13.2 Å². The fourth-order valence-corrected chi connectivity index (χ4v) is 5.16. The van der Waals surface area contributed by atoms with E-state index in [0.717, 1.165) is 34.1 Å². The van der Waals surface area contributed by atoms with Gasteiger partial charge in [-0.1, -0.05) is 48.0 Å². The van der Waals surface area contributed by atoms with Crippen LogP contribution in [0.15, 0.2) is 67.0 Å². The lowest BCUT2D eigenvalue weighted by Crippen LogP contribution is -2.42. The molecular weight excluding hydrogens is 588 g/mol. The molecule has 9 heteroatoms. The van der Waals surface area contributed by atoms with Gasteiger partial charge >= 0.3 is 0 Å². The van der Waals surface area contributed by atoms with Crippen molar-refractivity contribution in [2.24, 2.45) is 0 Å². The number of hydrogen-bond donors (Lipinski definition) is 0. The summed E-state index contributed by atoms with van der Waals surface area (Å²) in [5, 5.41) is 9.35. The highest BCUT2D eigenvalue weighted by molar-refractivity contribution is 6.32. The van der Waals surface area contributed by atoms with Gasteiger partial charge in [0.2, 0.25) is 0 Å². The highest BCUT2D eigenvalue weighted by Crippen LogP contribution is 2.34. The first-order valence-electron chi connectivity index (χ1n) is 14.6.